The lowest BCUT2D eigenvalue weighted by atomic mass is 9.71. The second-order valence-corrected chi connectivity index (χ2v) is 10.8. The first-order valence-corrected chi connectivity index (χ1v) is 12.6. The van der Waals surface area contributed by atoms with E-state index in [9.17, 15) is 19.5 Å². The molecule has 5 rings (SSSR count). The number of hydrogen-bond acceptors (Lipinski definition) is 5. The number of benzene rings is 2. The van der Waals surface area contributed by atoms with Crippen LogP contribution < -0.4 is 10.6 Å². The van der Waals surface area contributed by atoms with Crippen LogP contribution in [0.15, 0.2) is 60.7 Å². The minimum absolute atomic E-state index is 0.0183. The number of nitrogens with one attached hydrogen (secondary N) is 2. The van der Waals surface area contributed by atoms with E-state index in [-0.39, 0.29) is 29.6 Å². The van der Waals surface area contributed by atoms with Crippen LogP contribution in [0.1, 0.15) is 30.0 Å². The standard InChI is InChI=1S/C26H29N3O4S/c1-27-23(31)20-19-12-13-26(34-19)21(20)25(33)29(18(15-30)17-10-6-3-7-11-17)22(26)24(32)28-14-16-8-4-2-5-9-16/h2-11,18-22,30H,12-15H2,1H3,(H,27,31)(H,28,32)/t18-,19+,20-,21+,22?,26?/m1/s1. The van der Waals surface area contributed by atoms with Crippen molar-refractivity contribution in [2.24, 2.45) is 11.8 Å². The number of nitrogens with zero attached hydrogens (tertiary/aromatic N) is 1. The molecule has 8 heteroatoms. The molecule has 0 aliphatic carbocycles. The molecule has 3 N–H and O–H groups in total. The Morgan fingerprint density at radius 3 is 2.44 bits per heavy atom. The molecule has 0 saturated carbocycles. The highest BCUT2D eigenvalue weighted by molar-refractivity contribution is 8.02. The molecule has 3 heterocycles. The number of likely N-dealkylation sites (tertiary alicyclic amines) is 1. The number of carbonyl (C=O) groups excluding carboxylic acids is 3. The lowest BCUT2D eigenvalue weighted by Gasteiger charge is -2.37. The van der Waals surface area contributed by atoms with Gasteiger partial charge in [-0.05, 0) is 24.0 Å². The Labute approximate surface area is 203 Å². The number of thioether (sulfide) groups is 1. The highest BCUT2D eigenvalue weighted by Crippen LogP contribution is 2.67. The van der Waals surface area contributed by atoms with Crippen LogP contribution in [0.4, 0.5) is 0 Å². The maximum atomic E-state index is 14.0. The van der Waals surface area contributed by atoms with E-state index < -0.39 is 28.7 Å². The summed E-state index contributed by atoms with van der Waals surface area (Å²) in [5.74, 6) is -1.66. The minimum atomic E-state index is -0.768. The summed E-state index contributed by atoms with van der Waals surface area (Å²) in [6.07, 6.45) is 1.48. The van der Waals surface area contributed by atoms with Crippen molar-refractivity contribution in [3.8, 4) is 0 Å². The summed E-state index contributed by atoms with van der Waals surface area (Å²) >= 11 is 1.62. The highest BCUT2D eigenvalue weighted by Gasteiger charge is 2.74. The van der Waals surface area contributed by atoms with Gasteiger partial charge in [0.2, 0.25) is 17.7 Å². The van der Waals surface area contributed by atoms with Gasteiger partial charge in [0.25, 0.3) is 0 Å². The Bertz CT molecular complexity index is 1080. The Morgan fingerprint density at radius 2 is 1.79 bits per heavy atom. The van der Waals surface area contributed by atoms with Crippen molar-refractivity contribution in [2.45, 2.75) is 41.5 Å². The first kappa shape index (κ1) is 22.9. The summed E-state index contributed by atoms with van der Waals surface area (Å²) in [6.45, 7) is 0.0425. The number of rotatable bonds is 7. The van der Waals surface area contributed by atoms with Gasteiger partial charge in [0.15, 0.2) is 0 Å². The van der Waals surface area contributed by atoms with E-state index in [1.807, 2.05) is 60.7 Å². The van der Waals surface area contributed by atoms with E-state index in [1.165, 1.54) is 0 Å². The van der Waals surface area contributed by atoms with Gasteiger partial charge in [-0.2, -0.15) is 0 Å². The van der Waals surface area contributed by atoms with E-state index in [0.717, 1.165) is 17.5 Å². The molecule has 3 aliphatic heterocycles. The van der Waals surface area contributed by atoms with Crippen molar-refractivity contribution in [2.75, 3.05) is 13.7 Å². The molecule has 6 atom stereocenters. The van der Waals surface area contributed by atoms with Gasteiger partial charge in [-0.3, -0.25) is 14.4 Å². The molecule has 3 saturated heterocycles. The van der Waals surface area contributed by atoms with Crippen LogP contribution in [0.3, 0.4) is 0 Å². The fourth-order valence-corrected chi connectivity index (χ4v) is 8.31. The second kappa shape index (κ2) is 9.07. The zero-order valence-corrected chi connectivity index (χ0v) is 19.8. The highest BCUT2D eigenvalue weighted by atomic mass is 32.2. The zero-order valence-electron chi connectivity index (χ0n) is 19.0. The van der Waals surface area contributed by atoms with Crippen molar-refractivity contribution in [1.82, 2.24) is 15.5 Å². The number of aliphatic hydroxyl groups excluding tert-OH is 1. The molecule has 2 bridgehead atoms. The van der Waals surface area contributed by atoms with E-state index in [4.69, 9.17) is 0 Å². The third kappa shape index (κ3) is 3.51. The fraction of sp³-hybridized carbons (Fsp3) is 0.423. The van der Waals surface area contributed by atoms with Gasteiger partial charge in [0.1, 0.15) is 6.04 Å². The smallest absolute Gasteiger partial charge is 0.244 e. The summed E-state index contributed by atoms with van der Waals surface area (Å²) in [5.41, 5.74) is 1.74. The Morgan fingerprint density at radius 1 is 1.12 bits per heavy atom. The molecule has 3 fully saturated rings. The van der Waals surface area contributed by atoms with Gasteiger partial charge in [-0.15, -0.1) is 11.8 Å². The molecule has 2 aromatic carbocycles. The minimum Gasteiger partial charge on any atom is -0.394 e. The summed E-state index contributed by atoms with van der Waals surface area (Å²) in [4.78, 5) is 42.2. The summed E-state index contributed by atoms with van der Waals surface area (Å²) < 4.78 is -0.679. The number of hydrogen-bond donors (Lipinski definition) is 3. The van der Waals surface area contributed by atoms with Gasteiger partial charge in [0.05, 0.1) is 29.2 Å². The van der Waals surface area contributed by atoms with Gasteiger partial charge in [-0.25, -0.2) is 0 Å². The molecule has 3 amide bonds. The van der Waals surface area contributed by atoms with Gasteiger partial charge in [-0.1, -0.05) is 60.7 Å². The zero-order chi connectivity index (χ0) is 23.9. The Kier molecular flexibility index (Phi) is 6.12. The molecule has 34 heavy (non-hydrogen) atoms. The number of carbonyl (C=O) groups is 3. The lowest BCUT2D eigenvalue weighted by Crippen LogP contribution is -2.54. The van der Waals surface area contributed by atoms with Crippen LogP contribution in [0.5, 0.6) is 0 Å². The lowest BCUT2D eigenvalue weighted by molar-refractivity contribution is -0.142. The van der Waals surface area contributed by atoms with Crippen molar-refractivity contribution in [1.29, 1.82) is 0 Å². The fourth-order valence-electron chi connectivity index (χ4n) is 6.10. The molecule has 178 valence electrons. The van der Waals surface area contributed by atoms with E-state index in [1.54, 1.807) is 23.7 Å². The summed E-state index contributed by atoms with van der Waals surface area (Å²) in [7, 11) is 1.59. The summed E-state index contributed by atoms with van der Waals surface area (Å²) in [5, 5.41) is 16.2. The van der Waals surface area contributed by atoms with Crippen molar-refractivity contribution in [3.63, 3.8) is 0 Å². The number of amides is 3. The first-order chi connectivity index (χ1) is 16.5. The molecular formula is C26H29N3O4S. The predicted octanol–water partition coefficient (Wildman–Crippen LogP) is 1.87. The van der Waals surface area contributed by atoms with Crippen molar-refractivity contribution >= 4 is 29.5 Å². The van der Waals surface area contributed by atoms with Crippen LogP contribution in [0, 0.1) is 11.8 Å². The predicted molar refractivity (Wildman–Crippen MR) is 130 cm³/mol. The molecule has 2 unspecified atom stereocenters. The monoisotopic (exact) mass is 479 g/mol. The van der Waals surface area contributed by atoms with Gasteiger partial charge in [0, 0.05) is 18.8 Å². The van der Waals surface area contributed by atoms with Crippen LogP contribution in [-0.2, 0) is 20.9 Å². The van der Waals surface area contributed by atoms with Crippen molar-refractivity contribution < 1.29 is 19.5 Å². The molecule has 3 aliphatic rings. The third-order valence-electron chi connectivity index (χ3n) is 7.54. The largest absolute Gasteiger partial charge is 0.394 e. The van der Waals surface area contributed by atoms with Crippen LogP contribution in [-0.4, -0.2) is 57.4 Å². The van der Waals surface area contributed by atoms with Gasteiger partial charge < -0.3 is 20.6 Å². The quantitative estimate of drug-likeness (QED) is 0.563. The molecule has 2 aromatic rings. The molecular weight excluding hydrogens is 450 g/mol. The third-order valence-corrected chi connectivity index (χ3v) is 9.49. The average molecular weight is 480 g/mol. The average Bonchev–Trinajstić information content (AvgIpc) is 3.52. The normalized spacial score (nSPS) is 30.2. The SMILES string of the molecule is CNC(=O)[C@@H]1[C@@H]2CCC3(S2)C(C(=O)NCc2ccccc2)N([C@H](CO)c2ccccc2)C(=O)[C@H]13. The number of aliphatic hydroxyl groups is 1. The number of fused-ring (bicyclic) bond motifs is 1. The van der Waals surface area contributed by atoms with Crippen LogP contribution in [0.2, 0.25) is 0 Å². The topological polar surface area (TPSA) is 98.7 Å². The van der Waals surface area contributed by atoms with E-state index in [0.29, 0.717) is 13.0 Å². The van der Waals surface area contributed by atoms with E-state index >= 15 is 0 Å². The molecule has 1 spiro atoms. The van der Waals surface area contributed by atoms with Crippen LogP contribution >= 0.6 is 11.8 Å². The Hall–Kier alpha value is -2.84. The van der Waals surface area contributed by atoms with Gasteiger partial charge >= 0.3 is 0 Å². The maximum absolute atomic E-state index is 14.0. The van der Waals surface area contributed by atoms with Crippen molar-refractivity contribution in [3.05, 3.63) is 71.8 Å². The Balaban J connectivity index is 1.54. The second-order valence-electron chi connectivity index (χ2n) is 9.23. The molecule has 0 aromatic heterocycles. The molecule has 0 radical (unpaired) electrons. The summed E-state index contributed by atoms with van der Waals surface area (Å²) in [6, 6.07) is 17.5. The molecule has 7 nitrogen and oxygen atoms in total. The van der Waals surface area contributed by atoms with Crippen LogP contribution in [0.25, 0.3) is 0 Å². The first-order valence-electron chi connectivity index (χ1n) is 11.7. The maximum Gasteiger partial charge on any atom is 0.244 e. The van der Waals surface area contributed by atoms with E-state index in [2.05, 4.69) is 10.6 Å².